The van der Waals surface area contributed by atoms with Gasteiger partial charge in [0.25, 0.3) is 0 Å². The van der Waals surface area contributed by atoms with Crippen LogP contribution in [0.5, 0.6) is 5.75 Å². The Morgan fingerprint density at radius 1 is 1.56 bits per heavy atom. The molecule has 0 saturated heterocycles. The summed E-state index contributed by atoms with van der Waals surface area (Å²) in [5.41, 5.74) is 0.834. The maximum absolute atomic E-state index is 11.8. The molecule has 1 aromatic rings. The third-order valence-electron chi connectivity index (χ3n) is 3.00. The highest BCUT2D eigenvalue weighted by atomic mass is 16.5. The normalized spacial score (nSPS) is 22.2. The lowest BCUT2D eigenvalue weighted by atomic mass is 9.81. The molecule has 0 fully saturated rings. The fourth-order valence-corrected chi connectivity index (χ4v) is 1.93. The number of carbonyl (C=O) groups is 1. The number of hydrogen-bond donors (Lipinski definition) is 1. The van der Waals surface area contributed by atoms with Crippen molar-refractivity contribution in [2.24, 2.45) is 0 Å². The first-order valence-electron chi connectivity index (χ1n) is 4.99. The van der Waals surface area contributed by atoms with Gasteiger partial charge in [-0.1, -0.05) is 0 Å². The minimum atomic E-state index is -0.765. The van der Waals surface area contributed by atoms with Crippen molar-refractivity contribution in [1.82, 2.24) is 0 Å². The van der Waals surface area contributed by atoms with Gasteiger partial charge in [0.15, 0.2) is 0 Å². The van der Waals surface area contributed by atoms with E-state index in [0.717, 1.165) is 11.3 Å². The first-order chi connectivity index (χ1) is 7.61. The van der Waals surface area contributed by atoms with Crippen LogP contribution in [0.1, 0.15) is 18.9 Å². The van der Waals surface area contributed by atoms with E-state index >= 15 is 0 Å². The van der Waals surface area contributed by atoms with Crippen molar-refractivity contribution in [3.63, 3.8) is 0 Å². The summed E-state index contributed by atoms with van der Waals surface area (Å²) in [5, 5.41) is 11.6. The molecule has 1 atom stereocenters. The molecule has 1 N–H and O–H groups in total. The van der Waals surface area contributed by atoms with Crippen LogP contribution in [0.25, 0.3) is 0 Å². The monoisotopic (exact) mass is 216 g/mol. The largest absolute Gasteiger partial charge is 0.497 e. The third-order valence-corrected chi connectivity index (χ3v) is 3.00. The highest BCUT2D eigenvalue weighted by Crippen LogP contribution is 2.41. The lowest BCUT2D eigenvalue weighted by molar-refractivity contribution is -0.120. The Labute approximate surface area is 93.8 Å². The molecule has 1 aromatic carbocycles. The van der Waals surface area contributed by atoms with Gasteiger partial charge in [0.1, 0.15) is 5.75 Å². The number of hydrogen-bond acceptors (Lipinski definition) is 3. The Hall–Kier alpha value is -2.02. The Morgan fingerprint density at radius 2 is 2.31 bits per heavy atom. The summed E-state index contributed by atoms with van der Waals surface area (Å²) < 4.78 is 5.12. The highest BCUT2D eigenvalue weighted by Gasteiger charge is 2.42. The number of ether oxygens (including phenoxy) is 1. The second-order valence-corrected chi connectivity index (χ2v) is 4.03. The van der Waals surface area contributed by atoms with Crippen LogP contribution in [-0.4, -0.2) is 13.0 Å². The molecule has 1 aliphatic rings. The maximum atomic E-state index is 11.8. The summed E-state index contributed by atoms with van der Waals surface area (Å²) in [7, 11) is 1.58. The van der Waals surface area contributed by atoms with Crippen LogP contribution in [0.2, 0.25) is 0 Å². The van der Waals surface area contributed by atoms with E-state index in [0.29, 0.717) is 5.75 Å². The molecule has 0 radical (unpaired) electrons. The van der Waals surface area contributed by atoms with E-state index in [1.165, 1.54) is 0 Å². The summed E-state index contributed by atoms with van der Waals surface area (Å²) in [6, 6.07) is 7.46. The zero-order valence-electron chi connectivity index (χ0n) is 9.20. The summed E-state index contributed by atoms with van der Waals surface area (Å²) in [6.07, 6.45) is 0.166. The number of rotatable bonds is 2. The Kier molecular flexibility index (Phi) is 2.31. The van der Waals surface area contributed by atoms with Gasteiger partial charge < -0.3 is 10.1 Å². The van der Waals surface area contributed by atoms with Crippen molar-refractivity contribution in [2.75, 3.05) is 12.4 Å². The summed E-state index contributed by atoms with van der Waals surface area (Å²) in [4.78, 5) is 11.8. The van der Waals surface area contributed by atoms with E-state index in [2.05, 4.69) is 11.4 Å². The minimum Gasteiger partial charge on any atom is -0.497 e. The van der Waals surface area contributed by atoms with Crippen LogP contribution in [-0.2, 0) is 10.2 Å². The number of amides is 1. The molecule has 0 unspecified atom stereocenters. The lowest BCUT2D eigenvalue weighted by Gasteiger charge is -2.18. The average molecular weight is 216 g/mol. The van der Waals surface area contributed by atoms with Gasteiger partial charge in [-0.2, -0.15) is 5.26 Å². The van der Waals surface area contributed by atoms with Crippen molar-refractivity contribution in [2.45, 2.75) is 18.8 Å². The molecular weight excluding hydrogens is 204 g/mol. The van der Waals surface area contributed by atoms with Crippen LogP contribution in [0, 0.1) is 11.3 Å². The van der Waals surface area contributed by atoms with Gasteiger partial charge >= 0.3 is 0 Å². The topological polar surface area (TPSA) is 62.1 Å². The van der Waals surface area contributed by atoms with Gasteiger partial charge in [0.2, 0.25) is 5.91 Å². The van der Waals surface area contributed by atoms with Crippen LogP contribution in [0.3, 0.4) is 0 Å². The molecule has 4 nitrogen and oxygen atoms in total. The number of benzene rings is 1. The molecule has 1 heterocycles. The maximum Gasteiger partial charge on any atom is 0.235 e. The molecular formula is C12H12N2O2. The molecule has 82 valence electrons. The van der Waals surface area contributed by atoms with Crippen molar-refractivity contribution >= 4 is 11.6 Å². The first-order valence-corrected chi connectivity index (χ1v) is 4.99. The number of anilines is 1. The van der Waals surface area contributed by atoms with Crippen LogP contribution in [0.4, 0.5) is 5.69 Å². The predicted molar refractivity (Wildman–Crippen MR) is 59.2 cm³/mol. The van der Waals surface area contributed by atoms with E-state index in [9.17, 15) is 4.79 Å². The smallest absolute Gasteiger partial charge is 0.235 e. The Bertz CT molecular complexity index is 490. The molecule has 0 bridgehead atoms. The number of nitriles is 1. The average Bonchev–Trinajstić information content (AvgIpc) is 2.52. The second-order valence-electron chi connectivity index (χ2n) is 4.03. The van der Waals surface area contributed by atoms with Crippen molar-refractivity contribution in [3.8, 4) is 11.8 Å². The van der Waals surface area contributed by atoms with Gasteiger partial charge in [0, 0.05) is 5.69 Å². The molecule has 4 heteroatoms. The summed E-state index contributed by atoms with van der Waals surface area (Å²) >= 11 is 0. The number of nitrogens with zero attached hydrogens (tertiary/aromatic N) is 1. The van der Waals surface area contributed by atoms with Crippen LogP contribution in [0.15, 0.2) is 18.2 Å². The second kappa shape index (κ2) is 3.53. The highest BCUT2D eigenvalue weighted by molar-refractivity contribution is 6.06. The van der Waals surface area contributed by atoms with Gasteiger partial charge in [-0.3, -0.25) is 4.79 Å². The summed E-state index contributed by atoms with van der Waals surface area (Å²) in [6.45, 7) is 1.77. The Balaban J connectivity index is 2.54. The van der Waals surface area contributed by atoms with Crippen LogP contribution >= 0.6 is 0 Å². The van der Waals surface area contributed by atoms with E-state index in [1.54, 1.807) is 26.2 Å². The lowest BCUT2D eigenvalue weighted by Crippen LogP contribution is -2.30. The zero-order valence-corrected chi connectivity index (χ0v) is 9.20. The van der Waals surface area contributed by atoms with Gasteiger partial charge in [-0.25, -0.2) is 0 Å². The molecule has 0 aromatic heterocycles. The Morgan fingerprint density at radius 3 is 2.94 bits per heavy atom. The molecule has 2 rings (SSSR count). The standard InChI is InChI=1S/C12H12N2O2/c1-12(5-6-13)9-7-8(16-2)3-4-10(9)14-11(12)15/h3-4,7H,5H2,1-2H3,(H,14,15)/t12-/m0/s1. The van der Waals surface area contributed by atoms with E-state index in [1.807, 2.05) is 6.07 Å². The van der Waals surface area contributed by atoms with Crippen molar-refractivity contribution in [1.29, 1.82) is 5.26 Å². The number of carbonyl (C=O) groups excluding carboxylic acids is 1. The number of nitrogens with one attached hydrogen (secondary N) is 1. The fourth-order valence-electron chi connectivity index (χ4n) is 1.93. The van der Waals surface area contributed by atoms with Crippen molar-refractivity contribution < 1.29 is 9.53 Å². The van der Waals surface area contributed by atoms with Crippen LogP contribution < -0.4 is 10.1 Å². The van der Waals surface area contributed by atoms with Gasteiger partial charge in [0.05, 0.1) is 25.0 Å². The summed E-state index contributed by atoms with van der Waals surface area (Å²) in [5.74, 6) is 0.566. The number of methoxy groups -OCH3 is 1. The van der Waals surface area contributed by atoms with E-state index in [-0.39, 0.29) is 12.3 Å². The van der Waals surface area contributed by atoms with E-state index in [4.69, 9.17) is 10.00 Å². The van der Waals surface area contributed by atoms with Crippen molar-refractivity contribution in [3.05, 3.63) is 23.8 Å². The van der Waals surface area contributed by atoms with Gasteiger partial charge in [-0.15, -0.1) is 0 Å². The zero-order chi connectivity index (χ0) is 11.8. The molecule has 1 amide bonds. The number of fused-ring (bicyclic) bond motifs is 1. The minimum absolute atomic E-state index is 0.127. The quantitative estimate of drug-likeness (QED) is 0.820. The third kappa shape index (κ3) is 1.33. The van der Waals surface area contributed by atoms with E-state index < -0.39 is 5.41 Å². The first kappa shape index (κ1) is 10.5. The molecule has 0 saturated carbocycles. The molecule has 0 aliphatic carbocycles. The molecule has 16 heavy (non-hydrogen) atoms. The molecule has 0 spiro atoms. The SMILES string of the molecule is COc1ccc2c(c1)[C@](C)(CC#N)C(=O)N2. The predicted octanol–water partition coefficient (Wildman–Crippen LogP) is 1.82. The fraction of sp³-hybridized carbons (Fsp3) is 0.333. The van der Waals surface area contributed by atoms with Gasteiger partial charge in [-0.05, 0) is 30.7 Å². The molecule has 1 aliphatic heterocycles.